The van der Waals surface area contributed by atoms with Crippen molar-refractivity contribution in [2.45, 2.75) is 25.6 Å². The number of likely N-dealkylation sites (tertiary alicyclic amines) is 1. The number of piperidine rings is 1. The monoisotopic (exact) mass is 364 g/mol. The van der Waals surface area contributed by atoms with Gasteiger partial charge in [-0.15, -0.1) is 0 Å². The van der Waals surface area contributed by atoms with Crippen molar-refractivity contribution in [3.8, 4) is 0 Å². The van der Waals surface area contributed by atoms with Crippen molar-refractivity contribution in [3.05, 3.63) is 33.8 Å². The Labute approximate surface area is 131 Å². The van der Waals surface area contributed by atoms with Crippen LogP contribution in [0.3, 0.4) is 0 Å². The van der Waals surface area contributed by atoms with Gasteiger partial charge >= 0.3 is 6.18 Å². The summed E-state index contributed by atoms with van der Waals surface area (Å²) < 4.78 is 39.8. The standard InChI is InChI=1S/C15H20BrF3N2/c1-20-9-11-4-6-21(7-5-11)10-12-2-3-13(16)8-14(12)15(17,18)19/h2-3,8,11,20H,4-7,9-10H2,1H3. The topological polar surface area (TPSA) is 15.3 Å². The quantitative estimate of drug-likeness (QED) is 0.871. The predicted molar refractivity (Wildman–Crippen MR) is 81.1 cm³/mol. The Kier molecular flexibility index (Phi) is 5.68. The summed E-state index contributed by atoms with van der Waals surface area (Å²) in [5, 5.41) is 3.16. The normalized spacial score (nSPS) is 18.1. The number of rotatable bonds is 4. The Morgan fingerprint density at radius 1 is 1.29 bits per heavy atom. The molecule has 1 aromatic rings. The first-order valence-corrected chi connectivity index (χ1v) is 7.92. The summed E-state index contributed by atoms with van der Waals surface area (Å²) in [7, 11) is 1.93. The minimum absolute atomic E-state index is 0.359. The van der Waals surface area contributed by atoms with Crippen molar-refractivity contribution >= 4 is 15.9 Å². The maximum atomic E-state index is 13.1. The summed E-state index contributed by atoms with van der Waals surface area (Å²) in [6.45, 7) is 3.08. The van der Waals surface area contributed by atoms with Gasteiger partial charge in [-0.3, -0.25) is 4.90 Å². The maximum Gasteiger partial charge on any atom is 0.416 e. The van der Waals surface area contributed by atoms with E-state index in [9.17, 15) is 13.2 Å². The fourth-order valence-corrected chi connectivity index (χ4v) is 3.19. The lowest BCUT2D eigenvalue weighted by Gasteiger charge is -2.32. The Bertz CT molecular complexity index is 468. The third kappa shape index (κ3) is 4.69. The number of alkyl halides is 3. The van der Waals surface area contributed by atoms with Crippen LogP contribution in [0.5, 0.6) is 0 Å². The molecule has 21 heavy (non-hydrogen) atoms. The van der Waals surface area contributed by atoms with Crippen LogP contribution >= 0.6 is 15.9 Å². The zero-order valence-corrected chi connectivity index (χ0v) is 13.6. The largest absolute Gasteiger partial charge is 0.416 e. The smallest absolute Gasteiger partial charge is 0.319 e. The summed E-state index contributed by atoms with van der Waals surface area (Å²) in [6.07, 6.45) is -2.22. The first kappa shape index (κ1) is 16.8. The molecule has 1 heterocycles. The third-order valence-corrected chi connectivity index (χ3v) is 4.46. The van der Waals surface area contributed by atoms with Crippen LogP contribution in [0.2, 0.25) is 0 Å². The Morgan fingerprint density at radius 2 is 1.95 bits per heavy atom. The minimum atomic E-state index is -4.30. The second-order valence-electron chi connectivity index (χ2n) is 5.58. The molecule has 0 aliphatic carbocycles. The van der Waals surface area contributed by atoms with Gasteiger partial charge in [0.05, 0.1) is 5.56 Å². The number of nitrogens with one attached hydrogen (secondary N) is 1. The molecule has 118 valence electrons. The Morgan fingerprint density at radius 3 is 2.52 bits per heavy atom. The molecule has 0 amide bonds. The summed E-state index contributed by atoms with van der Waals surface area (Å²) in [5.74, 6) is 0.637. The van der Waals surface area contributed by atoms with Gasteiger partial charge in [0, 0.05) is 11.0 Å². The molecule has 0 bridgehead atoms. The molecule has 1 saturated heterocycles. The maximum absolute atomic E-state index is 13.1. The highest BCUT2D eigenvalue weighted by Gasteiger charge is 2.34. The van der Waals surface area contributed by atoms with Crippen LogP contribution in [0.15, 0.2) is 22.7 Å². The van der Waals surface area contributed by atoms with Crippen LogP contribution in [0.4, 0.5) is 13.2 Å². The molecular weight excluding hydrogens is 345 g/mol. The fraction of sp³-hybridized carbons (Fsp3) is 0.600. The minimum Gasteiger partial charge on any atom is -0.319 e. The number of benzene rings is 1. The second-order valence-corrected chi connectivity index (χ2v) is 6.49. The van der Waals surface area contributed by atoms with Crippen LogP contribution in [0.1, 0.15) is 24.0 Å². The number of halogens is 4. The molecule has 0 spiro atoms. The molecule has 1 aliphatic rings. The summed E-state index contributed by atoms with van der Waals surface area (Å²) in [4.78, 5) is 2.12. The number of nitrogens with zero attached hydrogens (tertiary/aromatic N) is 1. The Hall–Kier alpha value is -0.590. The molecular formula is C15H20BrF3N2. The van der Waals surface area contributed by atoms with E-state index in [0.29, 0.717) is 22.5 Å². The van der Waals surface area contributed by atoms with Crippen LogP contribution < -0.4 is 5.32 Å². The highest BCUT2D eigenvalue weighted by molar-refractivity contribution is 9.10. The first-order chi connectivity index (χ1) is 9.90. The van der Waals surface area contributed by atoms with Crippen LogP contribution in [-0.4, -0.2) is 31.6 Å². The zero-order valence-electron chi connectivity index (χ0n) is 12.0. The molecule has 1 aromatic carbocycles. The average Bonchev–Trinajstić information content (AvgIpc) is 2.42. The van der Waals surface area contributed by atoms with Crippen molar-refractivity contribution < 1.29 is 13.2 Å². The van der Waals surface area contributed by atoms with Crippen LogP contribution in [0, 0.1) is 5.92 Å². The molecule has 2 nitrogen and oxygen atoms in total. The lowest BCUT2D eigenvalue weighted by molar-refractivity contribution is -0.138. The highest BCUT2D eigenvalue weighted by atomic mass is 79.9. The molecule has 0 radical (unpaired) electrons. The van der Waals surface area contributed by atoms with Gasteiger partial charge < -0.3 is 5.32 Å². The number of hydrogen-bond donors (Lipinski definition) is 1. The van der Waals surface area contributed by atoms with E-state index in [4.69, 9.17) is 0 Å². The zero-order chi connectivity index (χ0) is 15.5. The fourth-order valence-electron chi connectivity index (χ4n) is 2.83. The van der Waals surface area contributed by atoms with E-state index >= 15 is 0 Å². The molecule has 0 atom stereocenters. The second kappa shape index (κ2) is 7.11. The summed E-state index contributed by atoms with van der Waals surface area (Å²) >= 11 is 3.12. The van der Waals surface area contributed by atoms with Crippen molar-refractivity contribution in [2.75, 3.05) is 26.7 Å². The lowest BCUT2D eigenvalue weighted by atomic mass is 9.96. The van der Waals surface area contributed by atoms with Gasteiger partial charge in [-0.2, -0.15) is 13.2 Å². The summed E-state index contributed by atoms with van der Waals surface area (Å²) in [5.41, 5.74) is -0.174. The van der Waals surface area contributed by atoms with Crippen molar-refractivity contribution in [3.63, 3.8) is 0 Å². The van der Waals surface area contributed by atoms with E-state index < -0.39 is 11.7 Å². The predicted octanol–water partition coefficient (Wildman–Crippen LogP) is 3.90. The average molecular weight is 365 g/mol. The van der Waals surface area contributed by atoms with Gasteiger partial charge in [-0.25, -0.2) is 0 Å². The molecule has 0 aromatic heterocycles. The number of hydrogen-bond acceptors (Lipinski definition) is 2. The van der Waals surface area contributed by atoms with Gasteiger partial charge in [-0.1, -0.05) is 22.0 Å². The lowest BCUT2D eigenvalue weighted by Crippen LogP contribution is -2.36. The van der Waals surface area contributed by atoms with E-state index in [2.05, 4.69) is 26.1 Å². The van der Waals surface area contributed by atoms with Crippen molar-refractivity contribution in [1.82, 2.24) is 10.2 Å². The SMILES string of the molecule is CNCC1CCN(Cc2ccc(Br)cc2C(F)(F)F)CC1. The van der Waals surface area contributed by atoms with E-state index in [1.165, 1.54) is 6.07 Å². The van der Waals surface area contributed by atoms with E-state index in [0.717, 1.165) is 32.5 Å². The molecule has 1 fully saturated rings. The van der Waals surface area contributed by atoms with Gasteiger partial charge in [0.25, 0.3) is 0 Å². The highest BCUT2D eigenvalue weighted by Crippen LogP contribution is 2.34. The van der Waals surface area contributed by atoms with E-state index in [1.54, 1.807) is 12.1 Å². The molecule has 2 rings (SSSR count). The first-order valence-electron chi connectivity index (χ1n) is 7.12. The molecule has 1 N–H and O–H groups in total. The van der Waals surface area contributed by atoms with E-state index in [-0.39, 0.29) is 0 Å². The van der Waals surface area contributed by atoms with Gasteiger partial charge in [0.1, 0.15) is 0 Å². The Balaban J connectivity index is 2.04. The van der Waals surface area contributed by atoms with Crippen molar-refractivity contribution in [1.29, 1.82) is 0 Å². The van der Waals surface area contributed by atoms with E-state index in [1.807, 2.05) is 7.05 Å². The molecule has 1 aliphatic heterocycles. The van der Waals surface area contributed by atoms with Crippen LogP contribution in [0.25, 0.3) is 0 Å². The van der Waals surface area contributed by atoms with Crippen molar-refractivity contribution in [2.24, 2.45) is 5.92 Å². The van der Waals surface area contributed by atoms with Gasteiger partial charge in [-0.05, 0) is 63.1 Å². The molecule has 0 saturated carbocycles. The molecule has 6 heteroatoms. The van der Waals surface area contributed by atoms with Crippen LogP contribution in [-0.2, 0) is 12.7 Å². The third-order valence-electron chi connectivity index (χ3n) is 3.97. The summed E-state index contributed by atoms with van der Waals surface area (Å²) in [6, 6.07) is 4.42. The molecule has 0 unspecified atom stereocenters. The van der Waals surface area contributed by atoms with Gasteiger partial charge in [0.2, 0.25) is 0 Å². The van der Waals surface area contributed by atoms with Gasteiger partial charge in [0.15, 0.2) is 0 Å².